The molecule has 3 aromatic rings. The van der Waals surface area contributed by atoms with Crippen LogP contribution in [0.15, 0.2) is 54.7 Å². The Morgan fingerprint density at radius 3 is 2.72 bits per heavy atom. The van der Waals surface area contributed by atoms with Crippen molar-refractivity contribution in [3.05, 3.63) is 71.5 Å². The molecule has 0 aliphatic heterocycles. The number of pyridine rings is 2. The number of phenols is 1. The first-order chi connectivity index (χ1) is 12.2. The van der Waals surface area contributed by atoms with Gasteiger partial charge >= 0.3 is 0 Å². The van der Waals surface area contributed by atoms with Gasteiger partial charge in [-0.2, -0.15) is 0 Å². The van der Waals surface area contributed by atoms with Gasteiger partial charge in [-0.25, -0.2) is 4.98 Å². The quantitative estimate of drug-likeness (QED) is 0.672. The van der Waals surface area contributed by atoms with E-state index in [2.05, 4.69) is 9.97 Å². The van der Waals surface area contributed by atoms with Crippen LogP contribution in [0.5, 0.6) is 11.5 Å². The molecule has 1 aromatic carbocycles. The molecule has 2 N–H and O–H groups in total. The van der Waals surface area contributed by atoms with E-state index in [9.17, 15) is 15.0 Å². The maximum Gasteiger partial charge on any atom is 0.168 e. The predicted molar refractivity (Wildman–Crippen MR) is 91.2 cm³/mol. The molecule has 6 heteroatoms. The van der Waals surface area contributed by atoms with Crippen molar-refractivity contribution in [2.45, 2.75) is 13.2 Å². The van der Waals surface area contributed by atoms with Crippen LogP contribution in [0.25, 0.3) is 11.4 Å². The van der Waals surface area contributed by atoms with Crippen molar-refractivity contribution in [3.8, 4) is 22.9 Å². The fraction of sp³-hybridized carbons (Fsp3) is 0.105. The van der Waals surface area contributed by atoms with E-state index in [1.54, 1.807) is 42.6 Å². The molecule has 0 aliphatic rings. The maximum absolute atomic E-state index is 10.9. The molecule has 0 spiro atoms. The molecule has 0 saturated heterocycles. The van der Waals surface area contributed by atoms with E-state index < -0.39 is 0 Å². The van der Waals surface area contributed by atoms with Crippen LogP contribution in [0.4, 0.5) is 0 Å². The Morgan fingerprint density at radius 2 is 1.92 bits per heavy atom. The average Bonchev–Trinajstić information content (AvgIpc) is 2.66. The van der Waals surface area contributed by atoms with E-state index in [0.717, 1.165) is 5.56 Å². The summed E-state index contributed by atoms with van der Waals surface area (Å²) >= 11 is 0. The Labute approximate surface area is 144 Å². The van der Waals surface area contributed by atoms with E-state index in [-0.39, 0.29) is 19.0 Å². The smallest absolute Gasteiger partial charge is 0.168 e. The topological polar surface area (TPSA) is 92.5 Å². The lowest BCUT2D eigenvalue weighted by atomic mass is 10.1. The van der Waals surface area contributed by atoms with Gasteiger partial charge < -0.3 is 14.9 Å². The first-order valence-corrected chi connectivity index (χ1v) is 7.64. The highest BCUT2D eigenvalue weighted by atomic mass is 16.5. The minimum Gasteiger partial charge on any atom is -0.507 e. The second-order valence-corrected chi connectivity index (χ2v) is 5.28. The zero-order valence-corrected chi connectivity index (χ0v) is 13.3. The number of carbonyl (C=O) groups is 1. The number of rotatable bonds is 6. The van der Waals surface area contributed by atoms with Crippen molar-refractivity contribution in [1.29, 1.82) is 0 Å². The highest BCUT2D eigenvalue weighted by Crippen LogP contribution is 2.29. The van der Waals surface area contributed by atoms with Gasteiger partial charge in [-0.15, -0.1) is 0 Å². The van der Waals surface area contributed by atoms with Gasteiger partial charge in [0.15, 0.2) is 6.29 Å². The van der Waals surface area contributed by atoms with Gasteiger partial charge in [-0.05, 0) is 30.3 Å². The Hall–Kier alpha value is -3.25. The zero-order valence-electron chi connectivity index (χ0n) is 13.3. The number of hydrogen-bond donors (Lipinski definition) is 2. The predicted octanol–water partition coefficient (Wildman–Crippen LogP) is 2.73. The van der Waals surface area contributed by atoms with Gasteiger partial charge in [0.05, 0.1) is 23.6 Å². The minimum absolute atomic E-state index is 0.0215. The third kappa shape index (κ3) is 3.64. The number of ether oxygens (including phenoxy) is 1. The summed E-state index contributed by atoms with van der Waals surface area (Å²) in [5.74, 6) is 0.374. The van der Waals surface area contributed by atoms with E-state index in [1.807, 2.05) is 6.07 Å². The molecule has 0 radical (unpaired) electrons. The summed E-state index contributed by atoms with van der Waals surface area (Å²) in [7, 11) is 0. The van der Waals surface area contributed by atoms with Crippen molar-refractivity contribution in [3.63, 3.8) is 0 Å². The molecule has 0 atom stereocenters. The largest absolute Gasteiger partial charge is 0.507 e. The number of aldehydes is 1. The molecule has 0 bridgehead atoms. The van der Waals surface area contributed by atoms with Crippen molar-refractivity contribution in [2.75, 3.05) is 0 Å². The second-order valence-electron chi connectivity index (χ2n) is 5.28. The summed E-state index contributed by atoms with van der Waals surface area (Å²) in [6.07, 6.45) is 2.32. The van der Waals surface area contributed by atoms with Gasteiger partial charge in [0.2, 0.25) is 0 Å². The van der Waals surface area contributed by atoms with Crippen molar-refractivity contribution in [1.82, 2.24) is 9.97 Å². The van der Waals surface area contributed by atoms with Crippen LogP contribution >= 0.6 is 0 Å². The average molecular weight is 336 g/mol. The lowest BCUT2D eigenvalue weighted by Crippen LogP contribution is -2.03. The number of nitrogens with zero attached hydrogens (tertiary/aromatic N) is 2. The molecular weight excluding hydrogens is 320 g/mol. The Morgan fingerprint density at radius 1 is 1.08 bits per heavy atom. The normalized spacial score (nSPS) is 10.4. The third-order valence-corrected chi connectivity index (χ3v) is 3.67. The standard InChI is InChI=1S/C19H16N2O4/c22-10-14-5-1-6-16(21-14)19-13(4-3-9-20-19)12-25-18-8-2-7-17(24)15(18)11-23/h1-10,23-24H,11-12H2. The fourth-order valence-electron chi connectivity index (χ4n) is 2.44. The summed E-state index contributed by atoms with van der Waals surface area (Å²) in [5.41, 5.74) is 2.60. The highest BCUT2D eigenvalue weighted by molar-refractivity contribution is 5.73. The molecule has 0 fully saturated rings. The van der Waals surface area contributed by atoms with Crippen LogP contribution in [-0.2, 0) is 13.2 Å². The number of aliphatic hydroxyl groups excluding tert-OH is 1. The second kappa shape index (κ2) is 7.55. The Bertz CT molecular complexity index is 896. The van der Waals surface area contributed by atoms with Gasteiger partial charge in [-0.3, -0.25) is 9.78 Å². The number of carbonyl (C=O) groups excluding carboxylic acids is 1. The molecule has 6 nitrogen and oxygen atoms in total. The van der Waals surface area contributed by atoms with Gasteiger partial charge in [0, 0.05) is 11.8 Å². The summed E-state index contributed by atoms with van der Waals surface area (Å²) < 4.78 is 5.76. The highest BCUT2D eigenvalue weighted by Gasteiger charge is 2.12. The van der Waals surface area contributed by atoms with Gasteiger partial charge in [0.1, 0.15) is 23.8 Å². The lowest BCUT2D eigenvalue weighted by Gasteiger charge is -2.13. The van der Waals surface area contributed by atoms with Crippen LogP contribution in [0, 0.1) is 0 Å². The number of aromatic hydroxyl groups is 1. The lowest BCUT2D eigenvalue weighted by molar-refractivity contribution is 0.111. The van der Waals surface area contributed by atoms with Crippen molar-refractivity contribution in [2.24, 2.45) is 0 Å². The van der Waals surface area contributed by atoms with Crippen LogP contribution in [0.1, 0.15) is 21.6 Å². The minimum atomic E-state index is -0.329. The monoisotopic (exact) mass is 336 g/mol. The molecule has 25 heavy (non-hydrogen) atoms. The number of aliphatic hydroxyl groups is 1. The van der Waals surface area contributed by atoms with Crippen molar-refractivity contribution >= 4 is 6.29 Å². The van der Waals surface area contributed by atoms with Crippen molar-refractivity contribution < 1.29 is 19.7 Å². The number of aromatic nitrogens is 2. The summed E-state index contributed by atoms with van der Waals surface area (Å²) in [5, 5.41) is 19.2. The number of hydrogen-bond acceptors (Lipinski definition) is 6. The maximum atomic E-state index is 10.9. The molecule has 0 aliphatic carbocycles. The molecule has 3 rings (SSSR count). The van der Waals surface area contributed by atoms with Crippen LogP contribution in [0.2, 0.25) is 0 Å². The zero-order chi connectivity index (χ0) is 17.6. The van der Waals surface area contributed by atoms with E-state index in [1.165, 1.54) is 6.07 Å². The van der Waals surface area contributed by atoms with E-state index >= 15 is 0 Å². The van der Waals surface area contributed by atoms with Gasteiger partial charge in [-0.1, -0.05) is 18.2 Å². The molecule has 126 valence electrons. The Balaban J connectivity index is 1.89. The summed E-state index contributed by atoms with van der Waals surface area (Å²) in [6.45, 7) is -0.155. The molecule has 2 aromatic heterocycles. The SMILES string of the molecule is O=Cc1cccc(-c2ncccc2COc2cccc(O)c2CO)n1. The Kier molecular flexibility index (Phi) is 5.01. The summed E-state index contributed by atoms with van der Waals surface area (Å²) in [4.78, 5) is 19.5. The van der Waals surface area contributed by atoms with Crippen LogP contribution in [-0.4, -0.2) is 26.5 Å². The third-order valence-electron chi connectivity index (χ3n) is 3.67. The molecule has 0 saturated carbocycles. The van der Waals surface area contributed by atoms with Crippen LogP contribution < -0.4 is 4.74 Å². The molecule has 2 heterocycles. The van der Waals surface area contributed by atoms with E-state index in [0.29, 0.717) is 34.7 Å². The number of benzene rings is 1. The van der Waals surface area contributed by atoms with Gasteiger partial charge in [0.25, 0.3) is 0 Å². The molecule has 0 unspecified atom stereocenters. The molecule has 0 amide bonds. The first-order valence-electron chi connectivity index (χ1n) is 7.64. The molecular formula is C19H16N2O4. The first kappa shape index (κ1) is 16.6. The summed E-state index contributed by atoms with van der Waals surface area (Å²) in [6, 6.07) is 13.6. The van der Waals surface area contributed by atoms with Crippen LogP contribution in [0.3, 0.4) is 0 Å². The van der Waals surface area contributed by atoms with E-state index in [4.69, 9.17) is 4.74 Å². The fourth-order valence-corrected chi connectivity index (χ4v) is 2.44.